The van der Waals surface area contributed by atoms with E-state index in [0.717, 1.165) is 64.3 Å². The molecule has 0 radical (unpaired) electrons. The molecule has 1 saturated heterocycles. The summed E-state index contributed by atoms with van der Waals surface area (Å²) in [5, 5.41) is 11.5. The number of ether oxygens (including phenoxy) is 1. The number of likely N-dealkylation sites (tertiary alicyclic amines) is 1. The first-order chi connectivity index (χ1) is 18.0. The van der Waals surface area contributed by atoms with Gasteiger partial charge in [0.1, 0.15) is 11.7 Å². The number of halogens is 2. The van der Waals surface area contributed by atoms with Crippen molar-refractivity contribution in [3.8, 4) is 22.9 Å². The molecular formula is C29H29F2N5O. The lowest BCUT2D eigenvalue weighted by molar-refractivity contribution is -0.0566. The van der Waals surface area contributed by atoms with E-state index in [4.69, 9.17) is 4.74 Å². The molecule has 2 fully saturated rings. The van der Waals surface area contributed by atoms with Crippen LogP contribution in [0.5, 0.6) is 5.75 Å². The van der Waals surface area contributed by atoms with Crippen LogP contribution in [-0.2, 0) is 6.54 Å². The summed E-state index contributed by atoms with van der Waals surface area (Å²) in [4.78, 5) is 14.4. The van der Waals surface area contributed by atoms with E-state index >= 15 is 0 Å². The minimum Gasteiger partial charge on any atom is -0.487 e. The highest BCUT2D eigenvalue weighted by atomic mass is 19.3. The summed E-state index contributed by atoms with van der Waals surface area (Å²) in [6, 6.07) is 12.5. The molecule has 37 heavy (non-hydrogen) atoms. The number of aromatic amines is 1. The maximum absolute atomic E-state index is 13.5. The van der Waals surface area contributed by atoms with Gasteiger partial charge in [0, 0.05) is 49.6 Å². The van der Waals surface area contributed by atoms with Crippen LogP contribution in [0.15, 0.2) is 42.7 Å². The Balaban J connectivity index is 1.30. The molecule has 0 spiro atoms. The molecule has 190 valence electrons. The highest BCUT2D eigenvalue weighted by molar-refractivity contribution is 6.10. The van der Waals surface area contributed by atoms with Gasteiger partial charge in [-0.2, -0.15) is 5.26 Å². The third-order valence-electron chi connectivity index (χ3n) is 7.67. The van der Waals surface area contributed by atoms with E-state index < -0.39 is 5.92 Å². The largest absolute Gasteiger partial charge is 0.487 e. The van der Waals surface area contributed by atoms with Gasteiger partial charge in [0.05, 0.1) is 23.2 Å². The summed E-state index contributed by atoms with van der Waals surface area (Å²) in [5.74, 6) is -1.99. The van der Waals surface area contributed by atoms with Crippen molar-refractivity contribution in [1.29, 1.82) is 5.26 Å². The molecule has 6 nitrogen and oxygen atoms in total. The Morgan fingerprint density at radius 1 is 1.03 bits per heavy atom. The van der Waals surface area contributed by atoms with E-state index in [1.165, 1.54) is 6.42 Å². The van der Waals surface area contributed by atoms with E-state index in [2.05, 4.69) is 44.1 Å². The van der Waals surface area contributed by atoms with Crippen LogP contribution in [0.25, 0.3) is 33.1 Å². The monoisotopic (exact) mass is 501 g/mol. The standard InChI is InChI=1S/C29H29F2N5O/c30-29(31)10-12-36(13-11-29)18-19-6-8-20(9-7-19)21-14-23-26-25(35-28(23)34-16-21)17-33-24(15-32)27(26)37-22-4-2-1-3-5-22/h6-9,14,16-17,22H,1-5,10-13,18H2,(H,34,35). The summed E-state index contributed by atoms with van der Waals surface area (Å²) in [7, 11) is 0. The molecule has 1 saturated carbocycles. The van der Waals surface area contributed by atoms with Crippen LogP contribution >= 0.6 is 0 Å². The van der Waals surface area contributed by atoms with Gasteiger partial charge >= 0.3 is 0 Å². The number of nitrogens with one attached hydrogen (secondary N) is 1. The minimum absolute atomic E-state index is 0.0725. The van der Waals surface area contributed by atoms with Crippen molar-refractivity contribution in [2.75, 3.05) is 13.1 Å². The molecule has 8 heteroatoms. The van der Waals surface area contributed by atoms with E-state index in [9.17, 15) is 14.0 Å². The van der Waals surface area contributed by atoms with E-state index in [1.54, 1.807) is 6.20 Å². The number of hydrogen-bond acceptors (Lipinski definition) is 5. The number of nitrogens with zero attached hydrogens (tertiary/aromatic N) is 4. The number of hydrogen-bond donors (Lipinski definition) is 1. The third-order valence-corrected chi connectivity index (χ3v) is 7.67. The van der Waals surface area contributed by atoms with Gasteiger partial charge in [-0.15, -0.1) is 0 Å². The lowest BCUT2D eigenvalue weighted by Crippen LogP contribution is -2.38. The van der Waals surface area contributed by atoms with Gasteiger partial charge in [-0.1, -0.05) is 30.7 Å². The first kappa shape index (κ1) is 23.8. The SMILES string of the molecule is N#Cc1ncc2[nH]c3ncc(-c4ccc(CN5CCC(F)(F)CC5)cc4)cc3c2c1OC1CCCCC1. The molecule has 1 N–H and O–H groups in total. The van der Waals surface area contributed by atoms with Crippen LogP contribution in [0.4, 0.5) is 8.78 Å². The fourth-order valence-electron chi connectivity index (χ4n) is 5.54. The Hall–Kier alpha value is -3.57. The van der Waals surface area contributed by atoms with Crippen molar-refractivity contribution >= 4 is 21.9 Å². The predicted molar refractivity (Wildman–Crippen MR) is 139 cm³/mol. The first-order valence-corrected chi connectivity index (χ1v) is 13.1. The van der Waals surface area contributed by atoms with Gasteiger partial charge < -0.3 is 9.72 Å². The molecule has 1 aliphatic heterocycles. The van der Waals surface area contributed by atoms with Crippen molar-refractivity contribution in [1.82, 2.24) is 19.9 Å². The number of aromatic nitrogens is 3. The lowest BCUT2D eigenvalue weighted by Gasteiger charge is -2.31. The quantitative estimate of drug-likeness (QED) is 0.334. The molecule has 1 aromatic carbocycles. The summed E-state index contributed by atoms with van der Waals surface area (Å²) in [5.41, 5.74) is 4.89. The molecule has 4 aromatic rings. The van der Waals surface area contributed by atoms with Crippen LogP contribution in [0.1, 0.15) is 56.2 Å². The highest BCUT2D eigenvalue weighted by Crippen LogP contribution is 2.38. The fraction of sp³-hybridized carbons (Fsp3) is 0.414. The van der Waals surface area contributed by atoms with Crippen molar-refractivity contribution in [2.24, 2.45) is 0 Å². The second kappa shape index (κ2) is 9.71. The minimum atomic E-state index is -2.53. The summed E-state index contributed by atoms with van der Waals surface area (Å²) in [6.07, 6.45) is 8.92. The average molecular weight is 502 g/mol. The third kappa shape index (κ3) is 4.88. The predicted octanol–water partition coefficient (Wildman–Crippen LogP) is 6.59. The zero-order chi connectivity index (χ0) is 25.4. The molecule has 4 heterocycles. The second-order valence-electron chi connectivity index (χ2n) is 10.3. The number of H-pyrrole nitrogens is 1. The zero-order valence-corrected chi connectivity index (χ0v) is 20.6. The maximum atomic E-state index is 13.5. The fourth-order valence-corrected chi connectivity index (χ4v) is 5.54. The highest BCUT2D eigenvalue weighted by Gasteiger charge is 2.33. The van der Waals surface area contributed by atoms with Crippen LogP contribution in [0, 0.1) is 11.3 Å². The van der Waals surface area contributed by atoms with Crippen molar-refractivity contribution in [3.05, 3.63) is 54.0 Å². The van der Waals surface area contributed by atoms with Crippen LogP contribution in [-0.4, -0.2) is 45.0 Å². The Morgan fingerprint density at radius 2 is 1.78 bits per heavy atom. The van der Waals surface area contributed by atoms with Gasteiger partial charge in [-0.25, -0.2) is 18.7 Å². The molecule has 0 bridgehead atoms. The molecular weight excluding hydrogens is 472 g/mol. The lowest BCUT2D eigenvalue weighted by atomic mass is 9.97. The van der Waals surface area contributed by atoms with Crippen molar-refractivity contribution in [3.63, 3.8) is 0 Å². The topological polar surface area (TPSA) is 77.8 Å². The van der Waals surface area contributed by atoms with Gasteiger partial charge in [0.15, 0.2) is 11.4 Å². The maximum Gasteiger partial charge on any atom is 0.250 e. The van der Waals surface area contributed by atoms with Gasteiger partial charge in [0.2, 0.25) is 0 Å². The first-order valence-electron chi connectivity index (χ1n) is 13.1. The number of alkyl halides is 2. The summed E-state index contributed by atoms with van der Waals surface area (Å²) in [6.45, 7) is 1.50. The zero-order valence-electron chi connectivity index (χ0n) is 20.6. The molecule has 6 rings (SSSR count). The normalized spacial score (nSPS) is 18.7. The molecule has 1 aliphatic carbocycles. The summed E-state index contributed by atoms with van der Waals surface area (Å²) >= 11 is 0. The van der Waals surface area contributed by atoms with Crippen LogP contribution < -0.4 is 4.74 Å². The Labute approximate surface area is 214 Å². The van der Waals surface area contributed by atoms with E-state index in [0.29, 0.717) is 31.1 Å². The van der Waals surface area contributed by atoms with Crippen molar-refractivity contribution < 1.29 is 13.5 Å². The van der Waals surface area contributed by atoms with Gasteiger partial charge in [-0.3, -0.25) is 4.90 Å². The van der Waals surface area contributed by atoms with Gasteiger partial charge in [0.25, 0.3) is 5.92 Å². The number of rotatable bonds is 5. The number of benzene rings is 1. The Kier molecular flexibility index (Phi) is 6.25. The van der Waals surface area contributed by atoms with Gasteiger partial charge in [-0.05, 0) is 42.9 Å². The second-order valence-corrected chi connectivity index (χ2v) is 10.3. The van der Waals surface area contributed by atoms with Crippen LogP contribution in [0.3, 0.4) is 0 Å². The number of fused-ring (bicyclic) bond motifs is 3. The Morgan fingerprint density at radius 3 is 2.51 bits per heavy atom. The smallest absolute Gasteiger partial charge is 0.250 e. The molecule has 0 amide bonds. The number of pyridine rings is 2. The van der Waals surface area contributed by atoms with Crippen molar-refractivity contribution in [2.45, 2.75) is 63.5 Å². The Bertz CT molecular complexity index is 1460. The summed E-state index contributed by atoms with van der Waals surface area (Å²) < 4.78 is 33.3. The molecule has 0 atom stereocenters. The number of nitriles is 1. The van der Waals surface area contributed by atoms with E-state index in [1.807, 2.05) is 18.3 Å². The van der Waals surface area contributed by atoms with E-state index in [-0.39, 0.29) is 18.9 Å². The molecule has 2 aliphatic rings. The molecule has 3 aromatic heterocycles. The number of piperidine rings is 1. The average Bonchev–Trinajstić information content (AvgIpc) is 3.29. The van der Waals surface area contributed by atoms with Crippen LogP contribution in [0.2, 0.25) is 0 Å². The molecule has 0 unspecified atom stereocenters.